The number of aromatic nitrogens is 1. The fourth-order valence-electron chi connectivity index (χ4n) is 3.18. The number of nitrogens with zero attached hydrogens (tertiary/aromatic N) is 3. The molecule has 1 aliphatic rings. The van der Waals surface area contributed by atoms with Crippen molar-refractivity contribution < 1.29 is 0 Å². The Morgan fingerprint density at radius 1 is 1.22 bits per heavy atom. The summed E-state index contributed by atoms with van der Waals surface area (Å²) in [6.45, 7) is 6.21. The minimum absolute atomic E-state index is 0.279. The van der Waals surface area contributed by atoms with Gasteiger partial charge in [-0.15, -0.1) is 0 Å². The molecule has 0 spiro atoms. The molecule has 23 heavy (non-hydrogen) atoms. The molecular weight excluding hydrogens is 284 g/mol. The van der Waals surface area contributed by atoms with Gasteiger partial charge in [0, 0.05) is 32.0 Å². The van der Waals surface area contributed by atoms with Gasteiger partial charge in [-0.3, -0.25) is 4.90 Å². The number of hydrogen-bond donors (Lipinski definition) is 1. The van der Waals surface area contributed by atoms with E-state index >= 15 is 0 Å². The molecule has 4 heteroatoms. The van der Waals surface area contributed by atoms with Crippen molar-refractivity contribution in [3.05, 3.63) is 54.2 Å². The lowest BCUT2D eigenvalue weighted by Crippen LogP contribution is -2.31. The molecule has 0 bridgehead atoms. The smallest absolute Gasteiger partial charge is 0.132 e. The highest BCUT2D eigenvalue weighted by Crippen LogP contribution is 2.29. The van der Waals surface area contributed by atoms with Gasteiger partial charge in [0.05, 0.1) is 0 Å². The predicted molar refractivity (Wildman–Crippen MR) is 95.8 cm³/mol. The van der Waals surface area contributed by atoms with Crippen molar-refractivity contribution in [1.29, 1.82) is 0 Å². The zero-order valence-electron chi connectivity index (χ0n) is 14.1. The van der Waals surface area contributed by atoms with Crippen molar-refractivity contribution in [3.8, 4) is 0 Å². The maximum atomic E-state index is 5.89. The number of pyridine rings is 1. The van der Waals surface area contributed by atoms with Gasteiger partial charge in [0.15, 0.2) is 0 Å². The molecule has 1 fully saturated rings. The fraction of sp³-hybridized carbons (Fsp3) is 0.421. The van der Waals surface area contributed by atoms with E-state index in [1.54, 1.807) is 0 Å². The Balaban J connectivity index is 1.64. The maximum Gasteiger partial charge on any atom is 0.132 e. The van der Waals surface area contributed by atoms with E-state index in [4.69, 9.17) is 5.73 Å². The van der Waals surface area contributed by atoms with Gasteiger partial charge in [0.2, 0.25) is 0 Å². The van der Waals surface area contributed by atoms with E-state index in [9.17, 15) is 0 Å². The summed E-state index contributed by atoms with van der Waals surface area (Å²) in [6.07, 6.45) is 3.18. The Morgan fingerprint density at radius 3 is 2.61 bits per heavy atom. The van der Waals surface area contributed by atoms with Gasteiger partial charge in [-0.25, -0.2) is 4.98 Å². The van der Waals surface area contributed by atoms with Gasteiger partial charge in [0.1, 0.15) is 5.82 Å². The Kier molecular flexibility index (Phi) is 4.64. The molecule has 0 radical (unpaired) electrons. The summed E-state index contributed by atoms with van der Waals surface area (Å²) >= 11 is 0. The van der Waals surface area contributed by atoms with E-state index in [0.717, 1.165) is 37.7 Å². The van der Waals surface area contributed by atoms with Gasteiger partial charge >= 0.3 is 0 Å². The van der Waals surface area contributed by atoms with Crippen molar-refractivity contribution in [2.45, 2.75) is 19.9 Å². The lowest BCUT2D eigenvalue weighted by atomic mass is 9.90. The van der Waals surface area contributed by atoms with E-state index in [0.29, 0.717) is 0 Å². The molecule has 0 amide bonds. The van der Waals surface area contributed by atoms with Crippen LogP contribution in [-0.2, 0) is 6.54 Å². The summed E-state index contributed by atoms with van der Waals surface area (Å²) in [4.78, 5) is 9.21. The molecule has 1 aliphatic heterocycles. The lowest BCUT2D eigenvalue weighted by molar-refractivity contribution is 0.274. The number of anilines is 2. The number of hydrogen-bond acceptors (Lipinski definition) is 4. The molecule has 1 saturated heterocycles. The zero-order chi connectivity index (χ0) is 16.3. The second-order valence-corrected chi connectivity index (χ2v) is 6.89. The molecule has 2 N–H and O–H groups in total. The molecule has 0 saturated carbocycles. The number of benzene rings is 1. The Labute approximate surface area is 138 Å². The van der Waals surface area contributed by atoms with Crippen LogP contribution in [0.4, 0.5) is 11.5 Å². The van der Waals surface area contributed by atoms with Crippen molar-refractivity contribution in [2.75, 3.05) is 31.6 Å². The standard InChI is InChI=1S/C19H26N4/c1-19(14-20)10-11-23(15-19)13-16-8-9-18(21-12-16)22(2)17-6-4-3-5-7-17/h3-9,12H,10-11,13-15,20H2,1-2H3. The van der Waals surface area contributed by atoms with Crippen LogP contribution in [0.2, 0.25) is 0 Å². The highest BCUT2D eigenvalue weighted by Gasteiger charge is 2.32. The summed E-state index contributed by atoms with van der Waals surface area (Å²) in [5.74, 6) is 0.966. The Bertz CT molecular complexity index is 626. The van der Waals surface area contributed by atoms with Crippen LogP contribution in [0, 0.1) is 5.41 Å². The fourth-order valence-corrected chi connectivity index (χ4v) is 3.18. The first-order valence-corrected chi connectivity index (χ1v) is 8.26. The number of rotatable bonds is 5. The molecule has 4 nitrogen and oxygen atoms in total. The van der Waals surface area contributed by atoms with E-state index in [1.165, 1.54) is 12.0 Å². The molecule has 122 valence electrons. The topological polar surface area (TPSA) is 45.4 Å². The molecule has 2 heterocycles. The van der Waals surface area contributed by atoms with Gasteiger partial charge < -0.3 is 10.6 Å². The number of para-hydroxylation sites is 1. The van der Waals surface area contributed by atoms with Crippen molar-refractivity contribution in [1.82, 2.24) is 9.88 Å². The second kappa shape index (κ2) is 6.69. The zero-order valence-corrected chi connectivity index (χ0v) is 14.1. The molecule has 1 aromatic carbocycles. The normalized spacial score (nSPS) is 21.5. The Hall–Kier alpha value is -1.91. The average Bonchev–Trinajstić information content (AvgIpc) is 2.97. The van der Waals surface area contributed by atoms with E-state index in [2.05, 4.69) is 46.0 Å². The van der Waals surface area contributed by atoms with E-state index < -0.39 is 0 Å². The van der Waals surface area contributed by atoms with Crippen LogP contribution in [0.25, 0.3) is 0 Å². The van der Waals surface area contributed by atoms with Crippen LogP contribution in [0.5, 0.6) is 0 Å². The highest BCUT2D eigenvalue weighted by molar-refractivity contribution is 5.58. The molecule has 0 aliphatic carbocycles. The third kappa shape index (κ3) is 3.71. The molecule has 1 unspecified atom stereocenters. The monoisotopic (exact) mass is 310 g/mol. The van der Waals surface area contributed by atoms with Gasteiger partial charge in [-0.05, 0) is 48.7 Å². The second-order valence-electron chi connectivity index (χ2n) is 6.89. The van der Waals surface area contributed by atoms with E-state index in [-0.39, 0.29) is 5.41 Å². The molecule has 1 atom stereocenters. The van der Waals surface area contributed by atoms with Crippen LogP contribution < -0.4 is 10.6 Å². The van der Waals surface area contributed by atoms with Crippen molar-refractivity contribution >= 4 is 11.5 Å². The van der Waals surface area contributed by atoms with Crippen LogP contribution in [-0.4, -0.2) is 36.6 Å². The van der Waals surface area contributed by atoms with Gasteiger partial charge in [-0.1, -0.05) is 31.2 Å². The van der Waals surface area contributed by atoms with Crippen LogP contribution in [0.1, 0.15) is 18.9 Å². The SMILES string of the molecule is CN(c1ccccc1)c1ccc(CN2CCC(C)(CN)C2)cn1. The summed E-state index contributed by atoms with van der Waals surface area (Å²) in [7, 11) is 2.05. The van der Waals surface area contributed by atoms with E-state index in [1.807, 2.05) is 31.4 Å². The average molecular weight is 310 g/mol. The lowest BCUT2D eigenvalue weighted by Gasteiger charge is -2.23. The quantitative estimate of drug-likeness (QED) is 0.922. The van der Waals surface area contributed by atoms with Gasteiger partial charge in [-0.2, -0.15) is 0 Å². The van der Waals surface area contributed by atoms with Crippen molar-refractivity contribution in [2.24, 2.45) is 11.1 Å². The van der Waals surface area contributed by atoms with Gasteiger partial charge in [0.25, 0.3) is 0 Å². The van der Waals surface area contributed by atoms with Crippen LogP contribution in [0.3, 0.4) is 0 Å². The summed E-state index contributed by atoms with van der Waals surface area (Å²) in [6, 6.07) is 14.6. The largest absolute Gasteiger partial charge is 0.330 e. The summed E-state index contributed by atoms with van der Waals surface area (Å²) in [5, 5.41) is 0. The third-order valence-electron chi connectivity index (χ3n) is 4.83. The molecule has 1 aromatic heterocycles. The first-order valence-electron chi connectivity index (χ1n) is 8.26. The predicted octanol–water partition coefficient (Wildman–Crippen LogP) is 3.02. The first kappa shape index (κ1) is 16.0. The summed E-state index contributed by atoms with van der Waals surface area (Å²) < 4.78 is 0. The Morgan fingerprint density at radius 2 is 2.00 bits per heavy atom. The molecule has 3 rings (SSSR count). The highest BCUT2D eigenvalue weighted by atomic mass is 15.2. The van der Waals surface area contributed by atoms with Crippen LogP contribution in [0.15, 0.2) is 48.7 Å². The minimum Gasteiger partial charge on any atom is -0.330 e. The number of nitrogens with two attached hydrogens (primary N) is 1. The third-order valence-corrected chi connectivity index (χ3v) is 4.83. The maximum absolute atomic E-state index is 5.89. The summed E-state index contributed by atoms with van der Waals surface area (Å²) in [5.41, 5.74) is 8.57. The first-order chi connectivity index (χ1) is 11.1. The van der Waals surface area contributed by atoms with Crippen LogP contribution >= 0.6 is 0 Å². The molecular formula is C19H26N4. The molecule has 2 aromatic rings. The minimum atomic E-state index is 0.279. The number of likely N-dealkylation sites (tertiary alicyclic amines) is 1. The van der Waals surface area contributed by atoms with Crippen molar-refractivity contribution in [3.63, 3.8) is 0 Å².